The fourth-order valence-corrected chi connectivity index (χ4v) is 2.61. The molecule has 1 saturated heterocycles. The Morgan fingerprint density at radius 3 is 1.85 bits per heavy atom. The summed E-state index contributed by atoms with van der Waals surface area (Å²) in [5.74, 6) is 0.839. The molecule has 1 heterocycles. The molecule has 0 bridgehead atoms. The van der Waals surface area contributed by atoms with Gasteiger partial charge in [-0.05, 0) is 37.0 Å². The second-order valence-electron chi connectivity index (χ2n) is 5.80. The summed E-state index contributed by atoms with van der Waals surface area (Å²) in [6, 6.07) is 0. The summed E-state index contributed by atoms with van der Waals surface area (Å²) >= 11 is 0. The van der Waals surface area contributed by atoms with E-state index in [-0.39, 0.29) is 0 Å². The van der Waals surface area contributed by atoms with Crippen molar-refractivity contribution in [3.05, 3.63) is 0 Å². The van der Waals surface area contributed by atoms with Gasteiger partial charge in [-0.1, -0.05) is 20.8 Å². The van der Waals surface area contributed by atoms with Crippen LogP contribution in [0.2, 0.25) is 0 Å². The van der Waals surface area contributed by atoms with Gasteiger partial charge in [-0.3, -0.25) is 0 Å². The van der Waals surface area contributed by atoms with Crippen molar-refractivity contribution < 1.29 is 4.74 Å². The summed E-state index contributed by atoms with van der Waals surface area (Å²) in [4.78, 5) is 0. The second kappa shape index (κ2) is 2.98. The molecule has 0 atom stereocenters. The molecular formula is C12H22O. The molecule has 0 radical (unpaired) electrons. The maximum absolute atomic E-state index is 5.34. The van der Waals surface area contributed by atoms with E-state index in [0.29, 0.717) is 10.8 Å². The Hall–Kier alpha value is -0.0400. The van der Waals surface area contributed by atoms with E-state index in [2.05, 4.69) is 20.8 Å². The first kappa shape index (κ1) is 9.51. The number of rotatable bonds is 1. The topological polar surface area (TPSA) is 9.23 Å². The molecule has 0 aromatic rings. The molecule has 1 heteroatoms. The largest absolute Gasteiger partial charge is 0.380 e. The zero-order valence-electron chi connectivity index (χ0n) is 9.23. The van der Waals surface area contributed by atoms with Gasteiger partial charge < -0.3 is 4.74 Å². The molecule has 0 unspecified atom stereocenters. The number of ether oxygens (including phenoxy) is 1. The van der Waals surface area contributed by atoms with Crippen LogP contribution in [-0.4, -0.2) is 13.2 Å². The standard InChI is InChI=1S/C12H22O/c1-10(2)11(3)4-6-12(7-5-11)8-13-9-12/h10H,4-9H2,1-3H3. The number of hydrogen-bond donors (Lipinski definition) is 0. The van der Waals surface area contributed by atoms with Crippen LogP contribution in [0.25, 0.3) is 0 Å². The lowest BCUT2D eigenvalue weighted by Gasteiger charge is -2.51. The van der Waals surface area contributed by atoms with Crippen LogP contribution in [-0.2, 0) is 4.74 Å². The van der Waals surface area contributed by atoms with E-state index in [1.54, 1.807) is 0 Å². The van der Waals surface area contributed by atoms with Gasteiger partial charge in [0.25, 0.3) is 0 Å². The lowest BCUT2D eigenvalue weighted by atomic mass is 9.60. The van der Waals surface area contributed by atoms with Crippen LogP contribution in [0.1, 0.15) is 46.5 Å². The van der Waals surface area contributed by atoms with E-state index in [0.717, 1.165) is 19.1 Å². The van der Waals surface area contributed by atoms with Gasteiger partial charge in [0.05, 0.1) is 13.2 Å². The van der Waals surface area contributed by atoms with E-state index < -0.39 is 0 Å². The molecule has 76 valence electrons. The highest BCUT2D eigenvalue weighted by molar-refractivity contribution is 4.95. The molecule has 2 rings (SSSR count). The zero-order chi connectivity index (χ0) is 9.53. The monoisotopic (exact) mass is 182 g/mol. The Balaban J connectivity index is 1.95. The maximum atomic E-state index is 5.34. The Labute approximate surface area is 81.9 Å². The molecule has 0 aromatic carbocycles. The molecule has 0 aromatic heterocycles. The minimum Gasteiger partial charge on any atom is -0.380 e. The quantitative estimate of drug-likeness (QED) is 0.605. The first-order chi connectivity index (χ1) is 6.06. The van der Waals surface area contributed by atoms with Crippen molar-refractivity contribution in [1.82, 2.24) is 0 Å². The summed E-state index contributed by atoms with van der Waals surface area (Å²) in [6.45, 7) is 9.29. The van der Waals surface area contributed by atoms with Crippen molar-refractivity contribution in [1.29, 1.82) is 0 Å². The molecule has 1 nitrogen and oxygen atoms in total. The molecule has 0 N–H and O–H groups in total. The van der Waals surface area contributed by atoms with Crippen molar-refractivity contribution in [2.24, 2.45) is 16.7 Å². The third kappa shape index (κ3) is 1.52. The molecular weight excluding hydrogens is 160 g/mol. The highest BCUT2D eigenvalue weighted by atomic mass is 16.5. The molecule has 1 saturated carbocycles. The lowest BCUT2D eigenvalue weighted by Crippen LogP contribution is -2.47. The van der Waals surface area contributed by atoms with E-state index in [9.17, 15) is 0 Å². The fraction of sp³-hybridized carbons (Fsp3) is 1.00. The van der Waals surface area contributed by atoms with Crippen molar-refractivity contribution in [2.75, 3.05) is 13.2 Å². The molecule has 2 fully saturated rings. The van der Waals surface area contributed by atoms with Gasteiger partial charge in [0.1, 0.15) is 0 Å². The summed E-state index contributed by atoms with van der Waals surface area (Å²) < 4.78 is 5.34. The average molecular weight is 182 g/mol. The van der Waals surface area contributed by atoms with Gasteiger partial charge in [0, 0.05) is 5.41 Å². The molecule has 1 spiro atoms. The molecule has 0 amide bonds. The van der Waals surface area contributed by atoms with Crippen LogP contribution in [0.15, 0.2) is 0 Å². The van der Waals surface area contributed by atoms with Crippen LogP contribution in [0, 0.1) is 16.7 Å². The van der Waals surface area contributed by atoms with Crippen LogP contribution >= 0.6 is 0 Å². The second-order valence-corrected chi connectivity index (χ2v) is 5.80. The minimum absolute atomic E-state index is 0.612. The summed E-state index contributed by atoms with van der Waals surface area (Å²) in [6.07, 6.45) is 5.63. The molecule has 2 aliphatic rings. The highest BCUT2D eigenvalue weighted by Crippen LogP contribution is 2.51. The smallest absolute Gasteiger partial charge is 0.0544 e. The van der Waals surface area contributed by atoms with Crippen molar-refractivity contribution in [3.63, 3.8) is 0 Å². The molecule has 13 heavy (non-hydrogen) atoms. The lowest BCUT2D eigenvalue weighted by molar-refractivity contribution is -0.148. The Kier molecular flexibility index (Phi) is 2.18. The first-order valence-electron chi connectivity index (χ1n) is 5.64. The van der Waals surface area contributed by atoms with Gasteiger partial charge >= 0.3 is 0 Å². The SMILES string of the molecule is CC(C)C1(C)CCC2(CC1)COC2. The van der Waals surface area contributed by atoms with Crippen LogP contribution in [0.3, 0.4) is 0 Å². The van der Waals surface area contributed by atoms with Gasteiger partial charge in [0.15, 0.2) is 0 Å². The fourth-order valence-electron chi connectivity index (χ4n) is 2.61. The summed E-state index contributed by atoms with van der Waals surface area (Å²) in [5, 5.41) is 0. The van der Waals surface area contributed by atoms with Crippen LogP contribution in [0.5, 0.6) is 0 Å². The maximum Gasteiger partial charge on any atom is 0.0544 e. The summed E-state index contributed by atoms with van der Waals surface area (Å²) in [5.41, 5.74) is 1.23. The summed E-state index contributed by atoms with van der Waals surface area (Å²) in [7, 11) is 0. The van der Waals surface area contributed by atoms with E-state index in [1.165, 1.54) is 25.7 Å². The predicted molar refractivity (Wildman–Crippen MR) is 54.7 cm³/mol. The normalized spacial score (nSPS) is 30.5. The van der Waals surface area contributed by atoms with Crippen LogP contribution < -0.4 is 0 Å². The zero-order valence-corrected chi connectivity index (χ0v) is 9.23. The van der Waals surface area contributed by atoms with Gasteiger partial charge in [0.2, 0.25) is 0 Å². The highest BCUT2D eigenvalue weighted by Gasteiger charge is 2.45. The Morgan fingerprint density at radius 1 is 1.00 bits per heavy atom. The van der Waals surface area contributed by atoms with Gasteiger partial charge in [-0.15, -0.1) is 0 Å². The number of hydrogen-bond acceptors (Lipinski definition) is 1. The first-order valence-corrected chi connectivity index (χ1v) is 5.64. The third-order valence-electron chi connectivity index (χ3n) is 4.66. The van der Waals surface area contributed by atoms with E-state index >= 15 is 0 Å². The molecule has 1 aliphatic heterocycles. The minimum atomic E-state index is 0.612. The van der Waals surface area contributed by atoms with E-state index in [1.807, 2.05) is 0 Å². The Morgan fingerprint density at radius 2 is 1.54 bits per heavy atom. The average Bonchev–Trinajstić information content (AvgIpc) is 2.03. The van der Waals surface area contributed by atoms with Gasteiger partial charge in [-0.2, -0.15) is 0 Å². The van der Waals surface area contributed by atoms with Crippen LogP contribution in [0.4, 0.5) is 0 Å². The molecule has 1 aliphatic carbocycles. The van der Waals surface area contributed by atoms with E-state index in [4.69, 9.17) is 4.74 Å². The third-order valence-corrected chi connectivity index (χ3v) is 4.66. The van der Waals surface area contributed by atoms with Gasteiger partial charge in [-0.25, -0.2) is 0 Å². The van der Waals surface area contributed by atoms with Crippen molar-refractivity contribution in [2.45, 2.75) is 46.5 Å². The predicted octanol–water partition coefficient (Wildman–Crippen LogP) is 3.24. The van der Waals surface area contributed by atoms with Crippen molar-refractivity contribution in [3.8, 4) is 0 Å². The van der Waals surface area contributed by atoms with Crippen molar-refractivity contribution >= 4 is 0 Å². The Bertz CT molecular complexity index is 181.